The molecule has 2 heterocycles. The fraction of sp³-hybridized carbons (Fsp3) is 0.500. The molecule has 80 valence electrons. The molecule has 3 nitrogen and oxygen atoms in total. The largest absolute Gasteiger partial charge is 0.493 e. The monoisotopic (exact) mass is 205 g/mol. The van der Waals surface area contributed by atoms with E-state index in [1.807, 2.05) is 0 Å². The fourth-order valence-corrected chi connectivity index (χ4v) is 2.19. The number of rotatable bonds is 1. The molecule has 1 aromatic carbocycles. The Labute approximate surface area is 89.4 Å². The topological polar surface area (TPSA) is 30.5 Å². The Morgan fingerprint density at radius 1 is 1.27 bits per heavy atom. The Balaban J connectivity index is 1.85. The molecule has 1 atom stereocenters. The van der Waals surface area contributed by atoms with Gasteiger partial charge in [0, 0.05) is 19.5 Å². The summed E-state index contributed by atoms with van der Waals surface area (Å²) in [6.07, 6.45) is 1.24. The summed E-state index contributed by atoms with van der Waals surface area (Å²) in [5, 5.41) is 3.34. The van der Waals surface area contributed by atoms with E-state index in [1.54, 1.807) is 0 Å². The zero-order valence-corrected chi connectivity index (χ0v) is 8.66. The molecule has 0 spiro atoms. The molecular formula is C12H15NO2. The Morgan fingerprint density at radius 2 is 2.27 bits per heavy atom. The lowest BCUT2D eigenvalue weighted by Gasteiger charge is -2.24. The number of ether oxygens (including phenoxy) is 2. The highest BCUT2D eigenvalue weighted by Gasteiger charge is 2.19. The third-order valence-corrected chi connectivity index (χ3v) is 3.01. The zero-order valence-electron chi connectivity index (χ0n) is 8.66. The van der Waals surface area contributed by atoms with Crippen molar-refractivity contribution < 1.29 is 9.47 Å². The van der Waals surface area contributed by atoms with Gasteiger partial charge in [-0.05, 0) is 23.3 Å². The summed E-state index contributed by atoms with van der Waals surface area (Å²) in [4.78, 5) is 0. The minimum absolute atomic E-state index is 0.213. The summed E-state index contributed by atoms with van der Waals surface area (Å²) in [5.74, 6) is 1.04. The maximum absolute atomic E-state index is 5.72. The Kier molecular flexibility index (Phi) is 2.35. The van der Waals surface area contributed by atoms with Gasteiger partial charge in [-0.25, -0.2) is 0 Å². The molecule has 0 bridgehead atoms. The average molecular weight is 205 g/mol. The quantitative estimate of drug-likeness (QED) is 0.749. The van der Waals surface area contributed by atoms with Crippen molar-refractivity contribution in [3.05, 3.63) is 29.3 Å². The van der Waals surface area contributed by atoms with Crippen LogP contribution in [0.4, 0.5) is 0 Å². The van der Waals surface area contributed by atoms with E-state index in [2.05, 4.69) is 23.5 Å². The van der Waals surface area contributed by atoms with Gasteiger partial charge in [0.2, 0.25) is 0 Å². The van der Waals surface area contributed by atoms with Crippen molar-refractivity contribution in [1.82, 2.24) is 5.32 Å². The van der Waals surface area contributed by atoms with Gasteiger partial charge in [-0.15, -0.1) is 0 Å². The number of hydrogen-bond donors (Lipinski definition) is 1. The number of benzene rings is 1. The molecule has 0 aliphatic carbocycles. The first-order valence-electron chi connectivity index (χ1n) is 5.51. The molecule has 15 heavy (non-hydrogen) atoms. The molecule has 1 saturated heterocycles. The lowest BCUT2D eigenvalue weighted by atomic mass is 10.0. The Bertz CT molecular complexity index is 359. The van der Waals surface area contributed by atoms with Crippen LogP contribution in [0.15, 0.2) is 18.2 Å². The van der Waals surface area contributed by atoms with Crippen LogP contribution in [-0.2, 0) is 11.2 Å². The van der Waals surface area contributed by atoms with Gasteiger partial charge >= 0.3 is 0 Å². The molecule has 0 unspecified atom stereocenters. The van der Waals surface area contributed by atoms with Gasteiger partial charge in [-0.2, -0.15) is 0 Å². The van der Waals surface area contributed by atoms with Crippen LogP contribution >= 0.6 is 0 Å². The summed E-state index contributed by atoms with van der Waals surface area (Å²) >= 11 is 0. The van der Waals surface area contributed by atoms with E-state index in [0.717, 1.165) is 38.5 Å². The molecule has 1 aromatic rings. The minimum Gasteiger partial charge on any atom is -0.493 e. The highest BCUT2D eigenvalue weighted by atomic mass is 16.5. The smallest absolute Gasteiger partial charge is 0.122 e. The SMILES string of the molecule is c1cc2c(cc1[C@H]1CNCCO1)CCO2. The Morgan fingerprint density at radius 3 is 3.13 bits per heavy atom. The van der Waals surface area contributed by atoms with E-state index in [0.29, 0.717) is 0 Å². The highest BCUT2D eigenvalue weighted by molar-refractivity contribution is 5.40. The second-order valence-corrected chi connectivity index (χ2v) is 4.03. The van der Waals surface area contributed by atoms with Gasteiger partial charge in [-0.1, -0.05) is 6.07 Å². The van der Waals surface area contributed by atoms with Crippen LogP contribution in [0.2, 0.25) is 0 Å². The zero-order chi connectivity index (χ0) is 10.1. The number of fused-ring (bicyclic) bond motifs is 1. The van der Waals surface area contributed by atoms with Gasteiger partial charge in [0.1, 0.15) is 5.75 Å². The predicted octanol–water partition coefficient (Wildman–Crippen LogP) is 1.28. The van der Waals surface area contributed by atoms with Crippen molar-refractivity contribution in [2.75, 3.05) is 26.3 Å². The minimum atomic E-state index is 0.213. The Hall–Kier alpha value is -1.06. The number of morpholine rings is 1. The van der Waals surface area contributed by atoms with Crippen LogP contribution < -0.4 is 10.1 Å². The summed E-state index contributed by atoms with van der Waals surface area (Å²) in [6, 6.07) is 6.40. The second kappa shape index (κ2) is 3.83. The summed E-state index contributed by atoms with van der Waals surface area (Å²) in [5.41, 5.74) is 2.59. The molecule has 3 rings (SSSR count). The molecule has 0 radical (unpaired) electrons. The van der Waals surface area contributed by atoms with E-state index < -0.39 is 0 Å². The average Bonchev–Trinajstić information content (AvgIpc) is 2.77. The number of nitrogens with one attached hydrogen (secondary N) is 1. The van der Waals surface area contributed by atoms with Crippen molar-refractivity contribution in [2.24, 2.45) is 0 Å². The van der Waals surface area contributed by atoms with E-state index in [-0.39, 0.29) is 6.10 Å². The van der Waals surface area contributed by atoms with Crippen molar-refractivity contribution >= 4 is 0 Å². The first-order chi connectivity index (χ1) is 7.43. The van der Waals surface area contributed by atoms with Gasteiger partial charge < -0.3 is 14.8 Å². The number of hydrogen-bond acceptors (Lipinski definition) is 3. The molecular weight excluding hydrogens is 190 g/mol. The highest BCUT2D eigenvalue weighted by Crippen LogP contribution is 2.29. The third-order valence-electron chi connectivity index (χ3n) is 3.01. The lowest BCUT2D eigenvalue weighted by Crippen LogP contribution is -2.33. The fourth-order valence-electron chi connectivity index (χ4n) is 2.19. The molecule has 2 aliphatic heterocycles. The third kappa shape index (κ3) is 1.73. The van der Waals surface area contributed by atoms with Crippen molar-refractivity contribution in [2.45, 2.75) is 12.5 Å². The molecule has 3 heteroatoms. The van der Waals surface area contributed by atoms with Gasteiger partial charge in [0.05, 0.1) is 19.3 Å². The molecule has 0 saturated carbocycles. The van der Waals surface area contributed by atoms with Gasteiger partial charge in [-0.3, -0.25) is 0 Å². The normalized spacial score (nSPS) is 24.7. The van der Waals surface area contributed by atoms with Crippen LogP contribution in [0.3, 0.4) is 0 Å². The van der Waals surface area contributed by atoms with E-state index in [4.69, 9.17) is 9.47 Å². The van der Waals surface area contributed by atoms with E-state index >= 15 is 0 Å². The first kappa shape index (κ1) is 9.19. The van der Waals surface area contributed by atoms with Crippen LogP contribution in [-0.4, -0.2) is 26.3 Å². The first-order valence-corrected chi connectivity index (χ1v) is 5.51. The molecule has 1 fully saturated rings. The van der Waals surface area contributed by atoms with Crippen LogP contribution in [0.1, 0.15) is 17.2 Å². The second-order valence-electron chi connectivity index (χ2n) is 4.03. The summed E-state index contributed by atoms with van der Waals surface area (Å²) in [6.45, 7) is 3.50. The van der Waals surface area contributed by atoms with Gasteiger partial charge in [0.25, 0.3) is 0 Å². The molecule has 2 aliphatic rings. The van der Waals surface area contributed by atoms with Crippen LogP contribution in [0, 0.1) is 0 Å². The summed E-state index contributed by atoms with van der Waals surface area (Å²) < 4.78 is 11.2. The lowest BCUT2D eigenvalue weighted by molar-refractivity contribution is 0.0276. The van der Waals surface area contributed by atoms with Crippen LogP contribution in [0.5, 0.6) is 5.75 Å². The molecule has 1 N–H and O–H groups in total. The van der Waals surface area contributed by atoms with Crippen molar-refractivity contribution in [3.8, 4) is 5.75 Å². The van der Waals surface area contributed by atoms with Crippen LogP contribution in [0.25, 0.3) is 0 Å². The summed E-state index contributed by atoms with van der Waals surface area (Å²) in [7, 11) is 0. The standard InChI is InChI=1S/C12H15NO2/c1-2-11-10(3-5-14-11)7-9(1)12-8-13-4-6-15-12/h1-2,7,12-13H,3-6,8H2/t12-/m1/s1. The molecule has 0 aromatic heterocycles. The van der Waals surface area contributed by atoms with E-state index in [1.165, 1.54) is 11.1 Å². The van der Waals surface area contributed by atoms with Crippen molar-refractivity contribution in [3.63, 3.8) is 0 Å². The maximum Gasteiger partial charge on any atom is 0.122 e. The van der Waals surface area contributed by atoms with E-state index in [9.17, 15) is 0 Å². The van der Waals surface area contributed by atoms with Crippen molar-refractivity contribution in [1.29, 1.82) is 0 Å². The predicted molar refractivity (Wildman–Crippen MR) is 57.2 cm³/mol. The molecule has 0 amide bonds. The maximum atomic E-state index is 5.72. The van der Waals surface area contributed by atoms with Gasteiger partial charge in [0.15, 0.2) is 0 Å².